The highest BCUT2D eigenvalue weighted by molar-refractivity contribution is 6.01. The number of rotatable bonds is 7. The minimum atomic E-state index is -1.08. The largest absolute Gasteiger partial charge is 0.507 e. The maximum atomic E-state index is 11.9. The highest BCUT2D eigenvalue weighted by Gasteiger charge is 2.23. The number of phenolic OH excluding ortho intramolecular Hbond substituents is 2. The van der Waals surface area contributed by atoms with Crippen LogP contribution in [-0.2, 0) is 16.1 Å². The SMILES string of the molecule is Cc1c(CN)cc(O)c(C(=O)OC(=O)CCCCCN)c1O. The number of hydrogen-bond acceptors (Lipinski definition) is 7. The molecule has 0 aliphatic heterocycles. The van der Waals surface area contributed by atoms with Gasteiger partial charge in [-0.1, -0.05) is 6.42 Å². The van der Waals surface area contributed by atoms with E-state index in [1.807, 2.05) is 0 Å². The Labute approximate surface area is 128 Å². The zero-order chi connectivity index (χ0) is 16.7. The Morgan fingerprint density at radius 1 is 1.18 bits per heavy atom. The van der Waals surface area contributed by atoms with Crippen molar-refractivity contribution in [2.45, 2.75) is 39.2 Å². The van der Waals surface area contributed by atoms with Crippen LogP contribution in [-0.4, -0.2) is 28.7 Å². The highest BCUT2D eigenvalue weighted by atomic mass is 16.6. The van der Waals surface area contributed by atoms with Crippen molar-refractivity contribution in [2.24, 2.45) is 11.5 Å². The van der Waals surface area contributed by atoms with Gasteiger partial charge < -0.3 is 26.4 Å². The smallest absolute Gasteiger partial charge is 0.353 e. The second-order valence-corrected chi connectivity index (χ2v) is 4.97. The lowest BCUT2D eigenvalue weighted by atomic mass is 10.0. The molecule has 0 aliphatic rings. The van der Waals surface area contributed by atoms with E-state index in [2.05, 4.69) is 4.74 Å². The number of unbranched alkanes of at least 4 members (excludes halogenated alkanes) is 2. The zero-order valence-electron chi connectivity index (χ0n) is 12.6. The average Bonchev–Trinajstić information content (AvgIpc) is 2.47. The number of nitrogens with two attached hydrogens (primary N) is 2. The molecule has 1 aromatic rings. The molecule has 1 aromatic carbocycles. The third kappa shape index (κ3) is 4.44. The van der Waals surface area contributed by atoms with Crippen LogP contribution >= 0.6 is 0 Å². The first-order valence-electron chi connectivity index (χ1n) is 7.11. The van der Waals surface area contributed by atoms with Crippen LogP contribution in [0.15, 0.2) is 6.07 Å². The van der Waals surface area contributed by atoms with Gasteiger partial charge in [0.05, 0.1) is 0 Å². The third-order valence-electron chi connectivity index (χ3n) is 3.36. The Morgan fingerprint density at radius 2 is 1.86 bits per heavy atom. The Bertz CT molecular complexity index is 557. The molecule has 0 spiro atoms. The summed E-state index contributed by atoms with van der Waals surface area (Å²) in [5.74, 6) is -2.68. The average molecular weight is 310 g/mol. The van der Waals surface area contributed by atoms with Crippen LogP contribution < -0.4 is 11.5 Å². The van der Waals surface area contributed by atoms with Crippen LogP contribution in [0.25, 0.3) is 0 Å². The lowest BCUT2D eigenvalue weighted by molar-refractivity contribution is -0.138. The molecule has 0 unspecified atom stereocenters. The summed E-state index contributed by atoms with van der Waals surface area (Å²) in [5.41, 5.74) is 11.2. The van der Waals surface area contributed by atoms with Gasteiger partial charge >= 0.3 is 11.9 Å². The monoisotopic (exact) mass is 310 g/mol. The number of carbonyl (C=O) groups is 2. The van der Waals surface area contributed by atoms with Crippen LogP contribution in [0.5, 0.6) is 11.5 Å². The molecule has 7 nitrogen and oxygen atoms in total. The van der Waals surface area contributed by atoms with E-state index >= 15 is 0 Å². The molecule has 1 rings (SSSR count). The summed E-state index contributed by atoms with van der Waals surface area (Å²) in [5, 5.41) is 19.8. The van der Waals surface area contributed by atoms with Crippen molar-refractivity contribution in [3.63, 3.8) is 0 Å². The van der Waals surface area contributed by atoms with Gasteiger partial charge in [0, 0.05) is 13.0 Å². The molecule has 0 amide bonds. The molecule has 6 N–H and O–H groups in total. The van der Waals surface area contributed by atoms with E-state index in [4.69, 9.17) is 11.5 Å². The summed E-state index contributed by atoms with van der Waals surface area (Å²) in [7, 11) is 0. The third-order valence-corrected chi connectivity index (χ3v) is 3.36. The molecule has 0 aromatic heterocycles. The van der Waals surface area contributed by atoms with Crippen molar-refractivity contribution in [1.29, 1.82) is 0 Å². The maximum absolute atomic E-state index is 11.9. The van der Waals surface area contributed by atoms with Crippen LogP contribution in [0.1, 0.15) is 47.2 Å². The molecular formula is C15H22N2O5. The first-order valence-corrected chi connectivity index (χ1v) is 7.11. The fourth-order valence-corrected chi connectivity index (χ4v) is 2.02. The number of carbonyl (C=O) groups excluding carboxylic acids is 2. The van der Waals surface area contributed by atoms with E-state index < -0.39 is 29.0 Å². The lowest BCUT2D eigenvalue weighted by Crippen LogP contribution is -2.14. The summed E-state index contributed by atoms with van der Waals surface area (Å²) in [6.07, 6.45) is 2.20. The lowest BCUT2D eigenvalue weighted by Gasteiger charge is -2.12. The molecule has 0 saturated heterocycles. The van der Waals surface area contributed by atoms with Crippen molar-refractivity contribution >= 4 is 11.9 Å². The van der Waals surface area contributed by atoms with E-state index in [0.717, 1.165) is 12.8 Å². The summed E-state index contributed by atoms with van der Waals surface area (Å²) < 4.78 is 4.65. The number of benzene rings is 1. The van der Waals surface area contributed by atoms with Gasteiger partial charge in [-0.25, -0.2) is 4.79 Å². The van der Waals surface area contributed by atoms with Crippen LogP contribution in [0.3, 0.4) is 0 Å². The van der Waals surface area contributed by atoms with Crippen LogP contribution in [0.4, 0.5) is 0 Å². The van der Waals surface area contributed by atoms with Crippen molar-refractivity contribution in [1.82, 2.24) is 0 Å². The molecule has 22 heavy (non-hydrogen) atoms. The molecule has 7 heteroatoms. The van der Waals surface area contributed by atoms with Crippen molar-refractivity contribution in [2.75, 3.05) is 6.54 Å². The summed E-state index contributed by atoms with van der Waals surface area (Å²) in [4.78, 5) is 23.5. The van der Waals surface area contributed by atoms with Gasteiger partial charge in [-0.3, -0.25) is 4.79 Å². The molecule has 0 fully saturated rings. The van der Waals surface area contributed by atoms with Gasteiger partial charge in [-0.05, 0) is 43.5 Å². The van der Waals surface area contributed by atoms with E-state index in [1.54, 1.807) is 6.92 Å². The fourth-order valence-electron chi connectivity index (χ4n) is 2.02. The number of hydrogen-bond donors (Lipinski definition) is 4. The van der Waals surface area contributed by atoms with Gasteiger partial charge in [0.1, 0.15) is 17.1 Å². The topological polar surface area (TPSA) is 136 Å². The standard InChI is InChI=1S/C15H22N2O5/c1-9-10(8-17)7-11(18)13(14(9)20)15(21)22-12(19)5-3-2-4-6-16/h7,18,20H,2-6,8,16-17H2,1H3. The molecule has 122 valence electrons. The van der Waals surface area contributed by atoms with Gasteiger partial charge in [0.15, 0.2) is 0 Å². The molecule has 0 atom stereocenters. The van der Waals surface area contributed by atoms with Gasteiger partial charge in [0.2, 0.25) is 0 Å². The summed E-state index contributed by atoms with van der Waals surface area (Å²) in [6, 6.07) is 1.28. The number of esters is 2. The Kier molecular flexibility index (Phi) is 6.81. The molecule has 0 radical (unpaired) electrons. The van der Waals surface area contributed by atoms with Gasteiger partial charge in [-0.2, -0.15) is 0 Å². The summed E-state index contributed by atoms with van der Waals surface area (Å²) in [6.45, 7) is 2.20. The fraction of sp³-hybridized carbons (Fsp3) is 0.467. The van der Waals surface area contributed by atoms with E-state index in [-0.39, 0.29) is 13.0 Å². The molecule has 0 bridgehead atoms. The predicted octanol–water partition coefficient (Wildman–Crippen LogP) is 1.07. The van der Waals surface area contributed by atoms with E-state index in [9.17, 15) is 19.8 Å². The van der Waals surface area contributed by atoms with E-state index in [1.165, 1.54) is 6.07 Å². The maximum Gasteiger partial charge on any atom is 0.353 e. The zero-order valence-corrected chi connectivity index (χ0v) is 12.6. The number of aromatic hydroxyl groups is 2. The normalized spacial score (nSPS) is 10.5. The Hall–Kier alpha value is -2.12. The quantitative estimate of drug-likeness (QED) is 0.336. The van der Waals surface area contributed by atoms with Gasteiger partial charge in [-0.15, -0.1) is 0 Å². The van der Waals surface area contributed by atoms with E-state index in [0.29, 0.717) is 24.1 Å². The molecule has 0 saturated carbocycles. The Balaban J connectivity index is 2.78. The molecule has 0 heterocycles. The Morgan fingerprint density at radius 3 is 2.45 bits per heavy atom. The van der Waals surface area contributed by atoms with Crippen LogP contribution in [0.2, 0.25) is 0 Å². The highest BCUT2D eigenvalue weighted by Crippen LogP contribution is 2.33. The second-order valence-electron chi connectivity index (χ2n) is 4.97. The van der Waals surface area contributed by atoms with Crippen LogP contribution in [0, 0.1) is 6.92 Å². The van der Waals surface area contributed by atoms with Gasteiger partial charge in [0.25, 0.3) is 0 Å². The second kappa shape index (κ2) is 8.35. The van der Waals surface area contributed by atoms with Crippen molar-refractivity contribution in [3.05, 3.63) is 22.8 Å². The minimum Gasteiger partial charge on any atom is -0.507 e. The number of phenols is 2. The minimum absolute atomic E-state index is 0.0765. The summed E-state index contributed by atoms with van der Waals surface area (Å²) >= 11 is 0. The molecule has 0 aliphatic carbocycles. The molecular weight excluding hydrogens is 288 g/mol. The number of ether oxygens (including phenoxy) is 1. The first kappa shape index (κ1) is 17.9. The first-order chi connectivity index (χ1) is 10.4. The van der Waals surface area contributed by atoms with Crippen molar-refractivity contribution < 1.29 is 24.5 Å². The van der Waals surface area contributed by atoms with Crippen molar-refractivity contribution in [3.8, 4) is 11.5 Å². The predicted molar refractivity (Wildman–Crippen MR) is 80.3 cm³/mol.